The molecule has 0 saturated carbocycles. The first-order valence-corrected chi connectivity index (χ1v) is 11.4. The van der Waals surface area contributed by atoms with Gasteiger partial charge in [-0.2, -0.15) is 0 Å². The van der Waals surface area contributed by atoms with Crippen molar-refractivity contribution in [2.75, 3.05) is 33.0 Å². The average Bonchev–Trinajstić information content (AvgIpc) is 3.32. The molecule has 0 N–H and O–H groups in total. The van der Waals surface area contributed by atoms with E-state index < -0.39 is 0 Å². The van der Waals surface area contributed by atoms with Crippen LogP contribution in [-0.2, 0) is 24.4 Å². The Morgan fingerprint density at radius 1 is 0.862 bits per heavy atom. The zero-order chi connectivity index (χ0) is 19.3. The molecule has 5 fully saturated rings. The third kappa shape index (κ3) is 2.61. The molecule has 5 aliphatic heterocycles. The summed E-state index contributed by atoms with van der Waals surface area (Å²) in [6.07, 6.45) is 13.6. The molecule has 0 radical (unpaired) electrons. The topological polar surface area (TPSA) is 69.2 Å². The normalized spacial score (nSPS) is 45.2. The van der Waals surface area contributed by atoms with Crippen LogP contribution in [0.3, 0.4) is 0 Å². The van der Waals surface area contributed by atoms with E-state index in [1.807, 2.05) is 12.4 Å². The molecule has 0 bridgehead atoms. The van der Waals surface area contributed by atoms with Gasteiger partial charge in [-0.3, -0.25) is 14.9 Å². The first-order chi connectivity index (χ1) is 14.4. The molecule has 5 aliphatic rings. The van der Waals surface area contributed by atoms with E-state index in [2.05, 4.69) is 9.88 Å². The number of ether oxygens (including phenoxy) is 4. The van der Waals surface area contributed by atoms with Crippen molar-refractivity contribution in [1.29, 1.82) is 0 Å². The van der Waals surface area contributed by atoms with Crippen molar-refractivity contribution in [2.24, 2.45) is 0 Å². The quantitative estimate of drug-likeness (QED) is 0.700. The number of aromatic nitrogens is 2. The fourth-order valence-corrected chi connectivity index (χ4v) is 6.73. The summed E-state index contributed by atoms with van der Waals surface area (Å²) in [5.74, 6) is 0. The summed E-state index contributed by atoms with van der Waals surface area (Å²) in [5, 5.41) is 0. The maximum atomic E-state index is 6.49. The van der Waals surface area contributed by atoms with Gasteiger partial charge in [-0.05, 0) is 44.9 Å². The Labute approximate surface area is 172 Å². The third-order valence-electron chi connectivity index (χ3n) is 7.95. The summed E-state index contributed by atoms with van der Waals surface area (Å²) in [5.41, 5.74) is 0.440. The van der Waals surface area contributed by atoms with Gasteiger partial charge in [-0.1, -0.05) is 0 Å². The standard InChI is InChI=1S/C22H31N3O4/c1-2-11-28-20(5-1)25-10-7-21(19-15-29-19,16-14-23-8-9-24-16)22(25,18-6-13-27-18)17-4-3-12-26-17/h8-9,14,17-20H,1-7,10-13,15H2. The Balaban J connectivity index is 1.54. The number of epoxide rings is 1. The van der Waals surface area contributed by atoms with Gasteiger partial charge >= 0.3 is 0 Å². The van der Waals surface area contributed by atoms with Gasteiger partial charge in [0.2, 0.25) is 0 Å². The van der Waals surface area contributed by atoms with E-state index >= 15 is 0 Å². The molecule has 1 aromatic heterocycles. The lowest BCUT2D eigenvalue weighted by molar-refractivity contribution is -0.234. The summed E-state index contributed by atoms with van der Waals surface area (Å²) in [4.78, 5) is 12.0. The van der Waals surface area contributed by atoms with Crippen molar-refractivity contribution in [3.63, 3.8) is 0 Å². The Hall–Kier alpha value is -1.12. The van der Waals surface area contributed by atoms with Gasteiger partial charge in [0.15, 0.2) is 0 Å². The Bertz CT molecular complexity index is 716. The van der Waals surface area contributed by atoms with Crippen LogP contribution >= 0.6 is 0 Å². The molecular weight excluding hydrogens is 370 g/mol. The van der Waals surface area contributed by atoms with Crippen LogP contribution in [0.1, 0.15) is 50.6 Å². The van der Waals surface area contributed by atoms with E-state index in [1.165, 1.54) is 6.42 Å². The highest BCUT2D eigenvalue weighted by atomic mass is 16.6. The number of rotatable bonds is 5. The second-order valence-corrected chi connectivity index (χ2v) is 9.12. The molecule has 0 aromatic carbocycles. The minimum Gasteiger partial charge on any atom is -0.376 e. The monoisotopic (exact) mass is 401 g/mol. The van der Waals surface area contributed by atoms with Crippen molar-refractivity contribution in [2.45, 2.75) is 80.4 Å². The summed E-state index contributed by atoms with van der Waals surface area (Å²) >= 11 is 0. The second-order valence-electron chi connectivity index (χ2n) is 9.12. The first-order valence-electron chi connectivity index (χ1n) is 11.4. The van der Waals surface area contributed by atoms with Crippen LogP contribution in [0.4, 0.5) is 0 Å². The average molecular weight is 402 g/mol. The van der Waals surface area contributed by atoms with Crippen LogP contribution in [0.2, 0.25) is 0 Å². The van der Waals surface area contributed by atoms with Crippen molar-refractivity contribution < 1.29 is 18.9 Å². The maximum absolute atomic E-state index is 6.49. The molecule has 6 heterocycles. The van der Waals surface area contributed by atoms with Crippen LogP contribution in [0.25, 0.3) is 0 Å². The van der Waals surface area contributed by atoms with Crippen molar-refractivity contribution >= 4 is 0 Å². The molecule has 0 amide bonds. The molecule has 158 valence electrons. The minimum absolute atomic E-state index is 0.104. The van der Waals surface area contributed by atoms with E-state index in [0.29, 0.717) is 0 Å². The molecule has 6 rings (SSSR count). The highest BCUT2D eigenvalue weighted by molar-refractivity contribution is 5.37. The molecule has 7 nitrogen and oxygen atoms in total. The Morgan fingerprint density at radius 2 is 1.69 bits per heavy atom. The SMILES string of the molecule is c1cnc(C2(C3CO3)CCN(C3CCCCO3)C2(C2CCCO2)C2CCO2)cn1. The minimum atomic E-state index is -0.318. The smallest absolute Gasteiger partial charge is 0.111 e. The van der Waals surface area contributed by atoms with Crippen molar-refractivity contribution in [1.82, 2.24) is 14.9 Å². The van der Waals surface area contributed by atoms with E-state index in [0.717, 1.165) is 77.2 Å². The molecule has 6 unspecified atom stereocenters. The van der Waals surface area contributed by atoms with Gasteiger partial charge < -0.3 is 18.9 Å². The zero-order valence-electron chi connectivity index (χ0n) is 17.0. The molecule has 7 heteroatoms. The fourth-order valence-electron chi connectivity index (χ4n) is 6.73. The van der Waals surface area contributed by atoms with Crippen LogP contribution in [0.5, 0.6) is 0 Å². The number of hydrogen-bond acceptors (Lipinski definition) is 7. The van der Waals surface area contributed by atoms with Crippen LogP contribution in [0, 0.1) is 0 Å². The number of hydrogen-bond donors (Lipinski definition) is 0. The predicted molar refractivity (Wildman–Crippen MR) is 104 cm³/mol. The highest BCUT2D eigenvalue weighted by Gasteiger charge is 2.75. The highest BCUT2D eigenvalue weighted by Crippen LogP contribution is 2.61. The number of likely N-dealkylation sites (tertiary alicyclic amines) is 1. The van der Waals surface area contributed by atoms with E-state index in [4.69, 9.17) is 23.9 Å². The second kappa shape index (κ2) is 7.24. The molecular formula is C22H31N3O4. The molecule has 1 aromatic rings. The first kappa shape index (κ1) is 18.6. The van der Waals surface area contributed by atoms with Gasteiger partial charge in [-0.15, -0.1) is 0 Å². The molecule has 5 saturated heterocycles. The zero-order valence-corrected chi connectivity index (χ0v) is 17.0. The molecule has 29 heavy (non-hydrogen) atoms. The van der Waals surface area contributed by atoms with Crippen LogP contribution < -0.4 is 0 Å². The summed E-state index contributed by atoms with van der Waals surface area (Å²) in [6, 6.07) is 0. The van der Waals surface area contributed by atoms with Gasteiger partial charge in [-0.25, -0.2) is 0 Å². The van der Waals surface area contributed by atoms with Crippen LogP contribution in [-0.4, -0.2) is 77.9 Å². The van der Waals surface area contributed by atoms with Crippen LogP contribution in [0.15, 0.2) is 18.6 Å². The van der Waals surface area contributed by atoms with Gasteiger partial charge in [0, 0.05) is 45.0 Å². The fraction of sp³-hybridized carbons (Fsp3) is 0.818. The number of nitrogens with zero attached hydrogens (tertiary/aromatic N) is 3. The van der Waals surface area contributed by atoms with Gasteiger partial charge in [0.05, 0.1) is 41.6 Å². The Morgan fingerprint density at radius 3 is 2.31 bits per heavy atom. The lowest BCUT2D eigenvalue weighted by Gasteiger charge is -2.59. The van der Waals surface area contributed by atoms with Gasteiger partial charge in [0.25, 0.3) is 0 Å². The molecule has 6 atom stereocenters. The van der Waals surface area contributed by atoms with Crippen molar-refractivity contribution in [3.8, 4) is 0 Å². The summed E-state index contributed by atoms with van der Waals surface area (Å²) < 4.78 is 25.3. The van der Waals surface area contributed by atoms with E-state index in [1.54, 1.807) is 6.20 Å². The van der Waals surface area contributed by atoms with Gasteiger partial charge in [0.1, 0.15) is 6.23 Å². The lowest BCUT2D eigenvalue weighted by atomic mass is 9.58. The third-order valence-corrected chi connectivity index (χ3v) is 7.95. The lowest BCUT2D eigenvalue weighted by Crippen LogP contribution is -2.75. The van der Waals surface area contributed by atoms with E-state index in [-0.39, 0.29) is 35.5 Å². The molecule has 0 aliphatic carbocycles. The predicted octanol–water partition coefficient (Wildman–Crippen LogP) is 2.05. The van der Waals surface area contributed by atoms with E-state index in [9.17, 15) is 0 Å². The Kier molecular flexibility index (Phi) is 4.65. The van der Waals surface area contributed by atoms with Crippen molar-refractivity contribution in [3.05, 3.63) is 24.3 Å². The summed E-state index contributed by atoms with van der Waals surface area (Å²) in [6.45, 7) is 4.21. The largest absolute Gasteiger partial charge is 0.376 e. The molecule has 0 spiro atoms. The maximum Gasteiger partial charge on any atom is 0.111 e. The summed E-state index contributed by atoms with van der Waals surface area (Å²) in [7, 11) is 0.